The molecule has 2 nitrogen and oxygen atoms in total. The van der Waals surface area contributed by atoms with Crippen molar-refractivity contribution in [3.63, 3.8) is 0 Å². The summed E-state index contributed by atoms with van der Waals surface area (Å²) in [4.78, 5) is 0. The zero-order valence-corrected chi connectivity index (χ0v) is 10.2. The second-order valence-corrected chi connectivity index (χ2v) is 4.82. The lowest BCUT2D eigenvalue weighted by Gasteiger charge is -2.22. The molecule has 0 aliphatic rings. The average Bonchev–Trinajstić information content (AvgIpc) is 2.10. The van der Waals surface area contributed by atoms with Crippen LogP contribution in [0.25, 0.3) is 0 Å². The molecule has 1 aromatic carbocycles. The number of rotatable bonds is 4. The summed E-state index contributed by atoms with van der Waals surface area (Å²) in [5.41, 5.74) is 5.46. The second-order valence-electron chi connectivity index (χ2n) is 3.96. The van der Waals surface area contributed by atoms with Gasteiger partial charge < -0.3 is 10.8 Å². The molecule has 1 rings (SSSR count). The van der Waals surface area contributed by atoms with Gasteiger partial charge in [-0.05, 0) is 53.5 Å². The molecule has 0 amide bonds. The first-order valence-electron chi connectivity index (χ1n) is 4.81. The van der Waals surface area contributed by atoms with Crippen LogP contribution < -0.4 is 5.73 Å². The third-order valence-corrected chi connectivity index (χ3v) is 2.86. The van der Waals surface area contributed by atoms with Gasteiger partial charge in [0.2, 0.25) is 0 Å². The molecule has 0 heterocycles. The Kier molecular flexibility index (Phi) is 4.25. The van der Waals surface area contributed by atoms with Gasteiger partial charge >= 0.3 is 0 Å². The Hall–Kier alpha value is -0.450. The number of hydrogen-bond donors (Lipinski definition) is 2. The van der Waals surface area contributed by atoms with Crippen LogP contribution in [0.5, 0.6) is 0 Å². The Morgan fingerprint density at radius 2 is 2.20 bits per heavy atom. The summed E-state index contributed by atoms with van der Waals surface area (Å²) in [5.74, 6) is -0.294. The minimum Gasteiger partial charge on any atom is -0.390 e. The van der Waals surface area contributed by atoms with Gasteiger partial charge in [0, 0.05) is 6.42 Å². The van der Waals surface area contributed by atoms with Crippen molar-refractivity contribution in [1.82, 2.24) is 0 Å². The van der Waals surface area contributed by atoms with E-state index in [1.807, 2.05) is 0 Å². The molecule has 0 saturated carbocycles. The van der Waals surface area contributed by atoms with E-state index < -0.39 is 5.60 Å². The van der Waals surface area contributed by atoms with Crippen LogP contribution in [0.2, 0.25) is 0 Å². The molecule has 0 saturated heterocycles. The fourth-order valence-electron chi connectivity index (χ4n) is 1.49. The van der Waals surface area contributed by atoms with Gasteiger partial charge in [-0.2, -0.15) is 0 Å². The molecule has 0 radical (unpaired) electrons. The van der Waals surface area contributed by atoms with E-state index in [1.54, 1.807) is 19.1 Å². The van der Waals surface area contributed by atoms with Crippen LogP contribution in [0.1, 0.15) is 18.9 Å². The Morgan fingerprint density at radius 3 is 2.73 bits per heavy atom. The van der Waals surface area contributed by atoms with Crippen molar-refractivity contribution in [3.8, 4) is 0 Å². The zero-order valence-electron chi connectivity index (χ0n) is 8.63. The molecule has 1 aromatic rings. The van der Waals surface area contributed by atoms with Crippen LogP contribution >= 0.6 is 15.9 Å². The lowest BCUT2D eigenvalue weighted by atomic mass is 9.93. The summed E-state index contributed by atoms with van der Waals surface area (Å²) in [6.07, 6.45) is 1.01. The molecule has 4 heteroatoms. The minimum absolute atomic E-state index is 0.294. The molecule has 0 aliphatic carbocycles. The SMILES string of the molecule is CC(O)(CCN)Cc1ccc(F)c(Br)c1. The van der Waals surface area contributed by atoms with Crippen molar-refractivity contribution in [3.05, 3.63) is 34.1 Å². The van der Waals surface area contributed by atoms with E-state index in [1.165, 1.54) is 6.07 Å². The van der Waals surface area contributed by atoms with E-state index in [4.69, 9.17) is 5.73 Å². The average molecular weight is 276 g/mol. The Labute approximate surface area is 97.4 Å². The van der Waals surface area contributed by atoms with Crippen molar-refractivity contribution >= 4 is 15.9 Å². The second kappa shape index (κ2) is 5.05. The Morgan fingerprint density at radius 1 is 1.53 bits per heavy atom. The number of halogens is 2. The van der Waals surface area contributed by atoms with Gasteiger partial charge in [0.25, 0.3) is 0 Å². The summed E-state index contributed by atoms with van der Waals surface area (Å²) >= 11 is 3.11. The largest absolute Gasteiger partial charge is 0.390 e. The highest BCUT2D eigenvalue weighted by atomic mass is 79.9. The summed E-state index contributed by atoms with van der Waals surface area (Å²) in [6, 6.07) is 4.74. The fraction of sp³-hybridized carbons (Fsp3) is 0.455. The molecule has 0 spiro atoms. The lowest BCUT2D eigenvalue weighted by Crippen LogP contribution is -2.30. The Bertz CT molecular complexity index is 341. The van der Waals surface area contributed by atoms with Gasteiger partial charge in [-0.25, -0.2) is 4.39 Å². The number of nitrogens with two attached hydrogens (primary N) is 1. The molecule has 0 aliphatic heterocycles. The summed E-state index contributed by atoms with van der Waals surface area (Å²) in [5, 5.41) is 9.94. The monoisotopic (exact) mass is 275 g/mol. The predicted molar refractivity (Wildman–Crippen MR) is 62.1 cm³/mol. The van der Waals surface area contributed by atoms with Crippen LogP contribution in [0.4, 0.5) is 4.39 Å². The fourth-order valence-corrected chi connectivity index (χ4v) is 1.91. The van der Waals surface area contributed by atoms with E-state index in [0.29, 0.717) is 23.9 Å². The van der Waals surface area contributed by atoms with Crippen LogP contribution in [-0.2, 0) is 6.42 Å². The maximum atomic E-state index is 13.0. The van der Waals surface area contributed by atoms with Crippen LogP contribution in [0, 0.1) is 5.82 Å². The normalized spacial score (nSPS) is 15.0. The van der Waals surface area contributed by atoms with Gasteiger partial charge in [-0.1, -0.05) is 6.07 Å². The number of aliphatic hydroxyl groups is 1. The molecule has 0 aromatic heterocycles. The van der Waals surface area contributed by atoms with Gasteiger partial charge in [0.05, 0.1) is 10.1 Å². The van der Waals surface area contributed by atoms with Crippen LogP contribution in [0.15, 0.2) is 22.7 Å². The topological polar surface area (TPSA) is 46.2 Å². The maximum Gasteiger partial charge on any atom is 0.137 e. The smallest absolute Gasteiger partial charge is 0.137 e. The zero-order chi connectivity index (χ0) is 11.5. The van der Waals surface area contributed by atoms with Gasteiger partial charge in [-0.3, -0.25) is 0 Å². The molecule has 84 valence electrons. The van der Waals surface area contributed by atoms with Crippen molar-refractivity contribution in [2.45, 2.75) is 25.4 Å². The summed E-state index contributed by atoms with van der Waals surface area (Å²) in [7, 11) is 0. The first-order valence-corrected chi connectivity index (χ1v) is 5.60. The predicted octanol–water partition coefficient (Wildman–Crippen LogP) is 2.23. The highest BCUT2D eigenvalue weighted by Gasteiger charge is 2.20. The summed E-state index contributed by atoms with van der Waals surface area (Å²) < 4.78 is 13.4. The Balaban J connectivity index is 2.76. The van der Waals surface area contributed by atoms with Crippen LogP contribution in [0.3, 0.4) is 0 Å². The third kappa shape index (κ3) is 3.89. The minimum atomic E-state index is -0.827. The standard InChI is InChI=1S/C11H15BrFNO/c1-11(15,4-5-14)7-8-2-3-10(13)9(12)6-8/h2-3,6,15H,4-5,7,14H2,1H3. The molecule has 0 bridgehead atoms. The van der Waals surface area contributed by atoms with E-state index in [9.17, 15) is 9.50 Å². The van der Waals surface area contributed by atoms with Crippen molar-refractivity contribution in [2.75, 3.05) is 6.54 Å². The molecular weight excluding hydrogens is 261 g/mol. The molecule has 15 heavy (non-hydrogen) atoms. The van der Waals surface area contributed by atoms with Crippen LogP contribution in [-0.4, -0.2) is 17.3 Å². The quantitative estimate of drug-likeness (QED) is 0.885. The van der Waals surface area contributed by atoms with E-state index >= 15 is 0 Å². The van der Waals surface area contributed by atoms with E-state index in [0.717, 1.165) is 5.56 Å². The molecular formula is C11H15BrFNO. The first-order chi connectivity index (χ1) is 6.94. The van der Waals surface area contributed by atoms with Crippen molar-refractivity contribution < 1.29 is 9.50 Å². The highest BCUT2D eigenvalue weighted by molar-refractivity contribution is 9.10. The first kappa shape index (κ1) is 12.6. The third-order valence-electron chi connectivity index (χ3n) is 2.25. The highest BCUT2D eigenvalue weighted by Crippen LogP contribution is 2.21. The number of hydrogen-bond acceptors (Lipinski definition) is 2. The van der Waals surface area contributed by atoms with Gasteiger partial charge in [0.15, 0.2) is 0 Å². The van der Waals surface area contributed by atoms with Gasteiger partial charge in [-0.15, -0.1) is 0 Å². The van der Waals surface area contributed by atoms with E-state index in [-0.39, 0.29) is 5.82 Å². The molecule has 3 N–H and O–H groups in total. The molecule has 0 fully saturated rings. The molecule has 1 unspecified atom stereocenters. The van der Waals surface area contributed by atoms with Gasteiger partial charge in [0.1, 0.15) is 5.82 Å². The lowest BCUT2D eigenvalue weighted by molar-refractivity contribution is 0.0538. The maximum absolute atomic E-state index is 13.0. The van der Waals surface area contributed by atoms with Crippen molar-refractivity contribution in [1.29, 1.82) is 0 Å². The summed E-state index contributed by atoms with van der Waals surface area (Å²) in [6.45, 7) is 2.17. The number of benzene rings is 1. The van der Waals surface area contributed by atoms with Crippen molar-refractivity contribution in [2.24, 2.45) is 5.73 Å². The van der Waals surface area contributed by atoms with E-state index in [2.05, 4.69) is 15.9 Å². The molecule has 1 atom stereocenters.